The molecule has 9 heteroatoms. The number of hydrogen-bond acceptors (Lipinski definition) is 5. The van der Waals surface area contributed by atoms with Gasteiger partial charge in [0, 0.05) is 24.8 Å². The fourth-order valence-corrected chi connectivity index (χ4v) is 6.43. The summed E-state index contributed by atoms with van der Waals surface area (Å²) in [7, 11) is -3.63. The van der Waals surface area contributed by atoms with Crippen molar-refractivity contribution < 1.29 is 22.3 Å². The average Bonchev–Trinajstić information content (AvgIpc) is 3.19. The van der Waals surface area contributed by atoms with Crippen LogP contribution in [0.25, 0.3) is 0 Å². The number of anilines is 1. The van der Waals surface area contributed by atoms with Gasteiger partial charge >= 0.3 is 0 Å². The molecule has 1 N–H and O–H groups in total. The van der Waals surface area contributed by atoms with Gasteiger partial charge in [-0.05, 0) is 81.6 Å². The maximum Gasteiger partial charge on any atom is 0.243 e. The molecule has 2 fully saturated rings. The van der Waals surface area contributed by atoms with Gasteiger partial charge in [-0.1, -0.05) is 12.1 Å². The molecule has 0 spiro atoms. The van der Waals surface area contributed by atoms with Gasteiger partial charge < -0.3 is 10.1 Å². The van der Waals surface area contributed by atoms with Crippen molar-refractivity contribution in [1.82, 2.24) is 9.21 Å². The predicted octanol–water partition coefficient (Wildman–Crippen LogP) is 3.27. The Morgan fingerprint density at radius 2 is 1.82 bits per heavy atom. The van der Waals surface area contributed by atoms with Crippen molar-refractivity contribution in [2.45, 2.75) is 56.3 Å². The molecule has 3 atom stereocenters. The van der Waals surface area contributed by atoms with Crippen LogP contribution in [-0.2, 0) is 26.0 Å². The molecule has 0 aliphatic carbocycles. The van der Waals surface area contributed by atoms with Crippen molar-refractivity contribution in [3.8, 4) is 0 Å². The summed E-state index contributed by atoms with van der Waals surface area (Å²) in [5.41, 5.74) is 1.48. The fraction of sp³-hybridized carbons (Fsp3) is 0.480. The van der Waals surface area contributed by atoms with Gasteiger partial charge in [-0.15, -0.1) is 0 Å². The monoisotopic (exact) mass is 489 g/mol. The van der Waals surface area contributed by atoms with Crippen molar-refractivity contribution in [2.24, 2.45) is 0 Å². The highest BCUT2D eigenvalue weighted by atomic mass is 32.2. The summed E-state index contributed by atoms with van der Waals surface area (Å²) in [5, 5.41) is 2.87. The number of amides is 1. The van der Waals surface area contributed by atoms with Crippen molar-refractivity contribution in [1.29, 1.82) is 0 Å². The van der Waals surface area contributed by atoms with Crippen LogP contribution in [0.2, 0.25) is 0 Å². The molecular formula is C25H32FN3O4S. The maximum atomic E-state index is 13.5. The van der Waals surface area contributed by atoms with E-state index in [1.54, 1.807) is 24.3 Å². The number of morpholine rings is 1. The highest BCUT2D eigenvalue weighted by Crippen LogP contribution is 2.24. The molecule has 34 heavy (non-hydrogen) atoms. The Hall–Kier alpha value is -2.33. The number of carbonyl (C=O) groups is 1. The van der Waals surface area contributed by atoms with Gasteiger partial charge in [0.2, 0.25) is 15.9 Å². The molecule has 0 radical (unpaired) electrons. The molecule has 2 aliphatic rings. The Balaban J connectivity index is 1.34. The smallest absolute Gasteiger partial charge is 0.243 e. The summed E-state index contributed by atoms with van der Waals surface area (Å²) < 4.78 is 46.6. The van der Waals surface area contributed by atoms with Crippen molar-refractivity contribution in [3.05, 3.63) is 59.9 Å². The van der Waals surface area contributed by atoms with E-state index in [0.717, 1.165) is 24.9 Å². The van der Waals surface area contributed by atoms with Crippen LogP contribution in [0, 0.1) is 5.82 Å². The lowest BCUT2D eigenvalue weighted by Gasteiger charge is -2.34. The molecule has 184 valence electrons. The molecule has 0 bridgehead atoms. The maximum absolute atomic E-state index is 13.5. The molecule has 4 rings (SSSR count). The van der Waals surface area contributed by atoms with Crippen molar-refractivity contribution in [3.63, 3.8) is 0 Å². The molecule has 0 aromatic heterocycles. The van der Waals surface area contributed by atoms with E-state index in [1.165, 1.54) is 22.5 Å². The number of ether oxygens (including phenoxy) is 1. The molecule has 2 heterocycles. The summed E-state index contributed by atoms with van der Waals surface area (Å²) in [5.74, 6) is -0.402. The van der Waals surface area contributed by atoms with Crippen molar-refractivity contribution >= 4 is 21.6 Å². The molecule has 2 saturated heterocycles. The molecule has 2 aliphatic heterocycles. The second kappa shape index (κ2) is 10.5. The van der Waals surface area contributed by atoms with E-state index < -0.39 is 10.0 Å². The van der Waals surface area contributed by atoms with Gasteiger partial charge in [0.05, 0.1) is 23.6 Å². The van der Waals surface area contributed by atoms with Gasteiger partial charge in [-0.2, -0.15) is 4.31 Å². The first-order valence-electron chi connectivity index (χ1n) is 11.7. The Morgan fingerprint density at radius 1 is 1.12 bits per heavy atom. The highest BCUT2D eigenvalue weighted by Gasteiger charge is 2.32. The first kappa shape index (κ1) is 24.8. The third kappa shape index (κ3) is 6.02. The van der Waals surface area contributed by atoms with E-state index in [1.807, 2.05) is 19.9 Å². The van der Waals surface area contributed by atoms with Gasteiger partial charge in [0.15, 0.2) is 0 Å². The summed E-state index contributed by atoms with van der Waals surface area (Å²) in [6, 6.07) is 13.1. The van der Waals surface area contributed by atoms with Crippen LogP contribution in [-0.4, -0.2) is 68.0 Å². The summed E-state index contributed by atoms with van der Waals surface area (Å²) in [6.07, 6.45) is 2.35. The normalized spacial score (nSPS) is 24.3. The molecule has 2 aromatic carbocycles. The van der Waals surface area contributed by atoms with Crippen LogP contribution in [0.5, 0.6) is 0 Å². The lowest BCUT2D eigenvalue weighted by Crippen LogP contribution is -2.48. The zero-order valence-corrected chi connectivity index (χ0v) is 20.4. The minimum absolute atomic E-state index is 0.155. The zero-order valence-electron chi connectivity index (χ0n) is 19.6. The summed E-state index contributed by atoms with van der Waals surface area (Å²) >= 11 is 0. The molecule has 0 saturated carbocycles. The van der Waals surface area contributed by atoms with Gasteiger partial charge in [0.1, 0.15) is 5.82 Å². The Labute approximate surface area is 200 Å². The second-order valence-electron chi connectivity index (χ2n) is 9.25. The number of halogens is 1. The minimum Gasteiger partial charge on any atom is -0.373 e. The van der Waals surface area contributed by atoms with Crippen LogP contribution in [0.1, 0.15) is 32.3 Å². The largest absolute Gasteiger partial charge is 0.373 e. The van der Waals surface area contributed by atoms with Crippen LogP contribution >= 0.6 is 0 Å². The number of hydrogen-bond donors (Lipinski definition) is 1. The SMILES string of the molecule is CC1CN(S(=O)(=O)c2ccc(NC(=O)CN3CCCC3Cc3cccc(F)c3)cc2)CC(C)O1. The average molecular weight is 490 g/mol. The minimum atomic E-state index is -3.63. The van der Waals surface area contributed by atoms with E-state index in [9.17, 15) is 17.6 Å². The van der Waals surface area contributed by atoms with E-state index in [-0.39, 0.29) is 41.4 Å². The second-order valence-corrected chi connectivity index (χ2v) is 11.2. The van der Waals surface area contributed by atoms with E-state index in [4.69, 9.17) is 4.74 Å². The Bertz CT molecular complexity index is 1100. The van der Waals surface area contributed by atoms with Gasteiger partial charge in [0.25, 0.3) is 0 Å². The number of carbonyl (C=O) groups excluding carboxylic acids is 1. The van der Waals surface area contributed by atoms with Crippen LogP contribution in [0.15, 0.2) is 53.4 Å². The van der Waals surface area contributed by atoms with E-state index in [2.05, 4.69) is 10.2 Å². The fourth-order valence-electron chi connectivity index (χ4n) is 4.84. The summed E-state index contributed by atoms with van der Waals surface area (Å²) in [4.78, 5) is 15.0. The van der Waals surface area contributed by atoms with Crippen LogP contribution in [0.4, 0.5) is 10.1 Å². The number of rotatable bonds is 7. The first-order chi connectivity index (χ1) is 16.2. The van der Waals surface area contributed by atoms with Crippen LogP contribution in [0.3, 0.4) is 0 Å². The quantitative estimate of drug-likeness (QED) is 0.646. The Morgan fingerprint density at radius 3 is 2.50 bits per heavy atom. The topological polar surface area (TPSA) is 79.0 Å². The third-order valence-electron chi connectivity index (χ3n) is 6.37. The lowest BCUT2D eigenvalue weighted by molar-refractivity contribution is -0.117. The highest BCUT2D eigenvalue weighted by molar-refractivity contribution is 7.89. The zero-order chi connectivity index (χ0) is 24.3. The number of nitrogens with one attached hydrogen (secondary N) is 1. The van der Waals surface area contributed by atoms with Gasteiger partial charge in [-0.3, -0.25) is 9.69 Å². The van der Waals surface area contributed by atoms with E-state index in [0.29, 0.717) is 25.2 Å². The van der Waals surface area contributed by atoms with Gasteiger partial charge in [-0.25, -0.2) is 12.8 Å². The molecular weight excluding hydrogens is 457 g/mol. The number of nitrogens with zero attached hydrogens (tertiary/aromatic N) is 2. The van der Waals surface area contributed by atoms with E-state index >= 15 is 0 Å². The number of likely N-dealkylation sites (tertiary alicyclic amines) is 1. The summed E-state index contributed by atoms with van der Waals surface area (Å²) in [6.45, 7) is 5.42. The number of benzene rings is 2. The molecule has 1 amide bonds. The lowest BCUT2D eigenvalue weighted by atomic mass is 10.0. The molecule has 2 aromatic rings. The third-order valence-corrected chi connectivity index (χ3v) is 8.21. The molecule has 3 unspecified atom stereocenters. The predicted molar refractivity (Wildman–Crippen MR) is 129 cm³/mol. The Kier molecular flexibility index (Phi) is 7.67. The first-order valence-corrected chi connectivity index (χ1v) is 13.2. The number of sulfonamides is 1. The van der Waals surface area contributed by atoms with Crippen molar-refractivity contribution in [2.75, 3.05) is 31.5 Å². The standard InChI is InChI=1S/C25H32FN3O4S/c1-18-15-29(16-19(2)33-18)34(31,32)24-10-8-22(9-11-24)27-25(30)17-28-12-4-7-23(28)14-20-5-3-6-21(26)13-20/h3,5-6,8-11,13,18-19,23H,4,7,12,14-17H2,1-2H3,(H,27,30). The molecule has 7 nitrogen and oxygen atoms in total. The van der Waals surface area contributed by atoms with Crippen LogP contribution < -0.4 is 5.32 Å².